The molecule has 0 bridgehead atoms. The summed E-state index contributed by atoms with van der Waals surface area (Å²) >= 11 is 9.59. The van der Waals surface area contributed by atoms with Crippen LogP contribution in [-0.2, 0) is 16.1 Å². The van der Waals surface area contributed by atoms with Crippen LogP contribution in [0.3, 0.4) is 0 Å². The van der Waals surface area contributed by atoms with Gasteiger partial charge in [-0.05, 0) is 49.9 Å². The summed E-state index contributed by atoms with van der Waals surface area (Å²) in [5, 5.41) is 3.57. The van der Waals surface area contributed by atoms with Crippen LogP contribution >= 0.6 is 27.5 Å². The molecule has 0 radical (unpaired) electrons. The fraction of sp³-hybridized carbons (Fsp3) is 0.440. The zero-order valence-corrected chi connectivity index (χ0v) is 20.9. The van der Waals surface area contributed by atoms with Gasteiger partial charge in [-0.25, -0.2) is 0 Å². The van der Waals surface area contributed by atoms with E-state index in [4.69, 9.17) is 16.3 Å². The Morgan fingerprint density at radius 1 is 1.19 bits per heavy atom. The van der Waals surface area contributed by atoms with Crippen LogP contribution < -0.4 is 10.1 Å². The molecule has 1 aliphatic rings. The normalized spacial score (nSPS) is 14.8. The van der Waals surface area contributed by atoms with Gasteiger partial charge in [-0.2, -0.15) is 0 Å². The summed E-state index contributed by atoms with van der Waals surface area (Å²) in [4.78, 5) is 28.0. The minimum atomic E-state index is -0.562. The van der Waals surface area contributed by atoms with E-state index >= 15 is 0 Å². The molecular formula is C25H30BrClN2O3. The molecule has 2 amide bonds. The molecule has 0 aromatic heterocycles. The molecule has 0 aliphatic heterocycles. The fourth-order valence-electron chi connectivity index (χ4n) is 3.99. The molecule has 0 spiro atoms. The molecule has 0 unspecified atom stereocenters. The zero-order chi connectivity index (χ0) is 23.1. The highest BCUT2D eigenvalue weighted by Gasteiger charge is 2.31. The molecule has 2 aromatic rings. The third kappa shape index (κ3) is 6.72. The second-order valence-electron chi connectivity index (χ2n) is 8.28. The fourth-order valence-corrected chi connectivity index (χ4v) is 4.72. The molecule has 1 aliphatic carbocycles. The average molecular weight is 522 g/mol. The first-order valence-electron chi connectivity index (χ1n) is 11.1. The molecule has 3 rings (SSSR count). The maximum absolute atomic E-state index is 13.3. The number of aryl methyl sites for hydroxylation is 1. The molecule has 0 saturated heterocycles. The van der Waals surface area contributed by atoms with Crippen LogP contribution in [0.25, 0.3) is 0 Å². The van der Waals surface area contributed by atoms with Crippen molar-refractivity contribution in [1.82, 2.24) is 10.2 Å². The van der Waals surface area contributed by atoms with Gasteiger partial charge in [0.2, 0.25) is 5.91 Å². The van der Waals surface area contributed by atoms with Crippen molar-refractivity contribution in [2.24, 2.45) is 0 Å². The first-order chi connectivity index (χ1) is 15.4. The highest BCUT2D eigenvalue weighted by molar-refractivity contribution is 9.10. The van der Waals surface area contributed by atoms with Gasteiger partial charge in [0.1, 0.15) is 11.8 Å². The molecule has 5 nitrogen and oxygen atoms in total. The molecule has 0 heterocycles. The van der Waals surface area contributed by atoms with Crippen LogP contribution in [0.1, 0.15) is 50.2 Å². The standard InChI is InChI=1S/C25H30BrClN2O3/c1-3-22(25(31)28-20-6-4-5-7-20)29(15-18-10-8-17(2)9-11-18)24(30)16-32-23-13-12-19(26)14-21(23)27/h8-14,20,22H,3-7,15-16H2,1-2H3,(H,28,31)/t22-/m1/s1. The van der Waals surface area contributed by atoms with Crippen molar-refractivity contribution >= 4 is 39.3 Å². The van der Waals surface area contributed by atoms with E-state index in [9.17, 15) is 9.59 Å². The van der Waals surface area contributed by atoms with Gasteiger partial charge in [0.25, 0.3) is 5.91 Å². The van der Waals surface area contributed by atoms with Crippen LogP contribution in [-0.4, -0.2) is 35.4 Å². The van der Waals surface area contributed by atoms with Gasteiger partial charge in [-0.1, -0.05) is 77.1 Å². The summed E-state index contributed by atoms with van der Waals surface area (Å²) in [5.74, 6) is 0.0847. The van der Waals surface area contributed by atoms with Crippen molar-refractivity contribution in [2.75, 3.05) is 6.61 Å². The third-order valence-electron chi connectivity index (χ3n) is 5.81. The van der Waals surface area contributed by atoms with Crippen molar-refractivity contribution in [2.45, 2.75) is 64.6 Å². The topological polar surface area (TPSA) is 58.6 Å². The lowest BCUT2D eigenvalue weighted by Crippen LogP contribution is -2.52. The summed E-state index contributed by atoms with van der Waals surface area (Å²) in [6, 6.07) is 12.9. The maximum Gasteiger partial charge on any atom is 0.261 e. The average Bonchev–Trinajstić information content (AvgIpc) is 3.27. The Balaban J connectivity index is 1.76. The quantitative estimate of drug-likeness (QED) is 0.463. The number of nitrogens with zero attached hydrogens (tertiary/aromatic N) is 1. The number of amides is 2. The Bertz CT molecular complexity index is 929. The van der Waals surface area contributed by atoms with Gasteiger partial charge in [0.05, 0.1) is 5.02 Å². The van der Waals surface area contributed by atoms with Crippen molar-refractivity contribution in [3.8, 4) is 5.75 Å². The summed E-state index contributed by atoms with van der Waals surface area (Å²) in [6.07, 6.45) is 4.79. The monoisotopic (exact) mass is 520 g/mol. The van der Waals surface area contributed by atoms with E-state index in [-0.39, 0.29) is 24.5 Å². The van der Waals surface area contributed by atoms with Gasteiger partial charge < -0.3 is 15.0 Å². The molecule has 172 valence electrons. The minimum Gasteiger partial charge on any atom is -0.482 e. The van der Waals surface area contributed by atoms with Gasteiger partial charge in [-0.3, -0.25) is 9.59 Å². The molecule has 1 saturated carbocycles. The van der Waals surface area contributed by atoms with E-state index in [0.29, 0.717) is 23.7 Å². The molecular weight excluding hydrogens is 492 g/mol. The second-order valence-corrected chi connectivity index (χ2v) is 9.61. The molecule has 7 heteroatoms. The van der Waals surface area contributed by atoms with E-state index in [1.165, 1.54) is 0 Å². The van der Waals surface area contributed by atoms with E-state index in [1.54, 1.807) is 23.1 Å². The summed E-state index contributed by atoms with van der Waals surface area (Å²) in [5.41, 5.74) is 2.11. The highest BCUT2D eigenvalue weighted by atomic mass is 79.9. The number of benzene rings is 2. The Kier molecular flexibility index (Phi) is 9.00. The van der Waals surface area contributed by atoms with E-state index < -0.39 is 6.04 Å². The predicted molar refractivity (Wildman–Crippen MR) is 131 cm³/mol. The number of halogens is 2. The Hall–Kier alpha value is -2.05. The minimum absolute atomic E-state index is 0.0958. The lowest BCUT2D eigenvalue weighted by atomic mass is 10.1. The van der Waals surface area contributed by atoms with Crippen molar-refractivity contribution in [1.29, 1.82) is 0 Å². The van der Waals surface area contributed by atoms with E-state index in [2.05, 4.69) is 21.2 Å². The molecule has 1 fully saturated rings. The van der Waals surface area contributed by atoms with Crippen LogP contribution in [0.15, 0.2) is 46.9 Å². The molecule has 1 atom stereocenters. The van der Waals surface area contributed by atoms with Crippen LogP contribution in [0.2, 0.25) is 5.02 Å². The molecule has 1 N–H and O–H groups in total. The summed E-state index contributed by atoms with van der Waals surface area (Å²) in [7, 11) is 0. The lowest BCUT2D eigenvalue weighted by Gasteiger charge is -2.31. The molecule has 2 aromatic carbocycles. The number of hydrogen-bond donors (Lipinski definition) is 1. The van der Waals surface area contributed by atoms with Gasteiger partial charge >= 0.3 is 0 Å². The first-order valence-corrected chi connectivity index (χ1v) is 12.3. The second kappa shape index (κ2) is 11.7. The number of rotatable bonds is 9. The van der Waals surface area contributed by atoms with Crippen molar-refractivity contribution in [3.63, 3.8) is 0 Å². The number of carbonyl (C=O) groups is 2. The number of hydrogen-bond acceptors (Lipinski definition) is 3. The number of ether oxygens (including phenoxy) is 1. The van der Waals surface area contributed by atoms with Gasteiger partial charge in [-0.15, -0.1) is 0 Å². The third-order valence-corrected chi connectivity index (χ3v) is 6.59. The number of nitrogens with one attached hydrogen (secondary N) is 1. The SMILES string of the molecule is CC[C@H](C(=O)NC1CCCC1)N(Cc1ccc(C)cc1)C(=O)COc1ccc(Br)cc1Cl. The first kappa shape index (κ1) is 24.6. The summed E-state index contributed by atoms with van der Waals surface area (Å²) < 4.78 is 6.55. The number of carbonyl (C=O) groups excluding carboxylic acids is 2. The van der Waals surface area contributed by atoms with Crippen LogP contribution in [0.4, 0.5) is 0 Å². The highest BCUT2D eigenvalue weighted by Crippen LogP contribution is 2.28. The Morgan fingerprint density at radius 3 is 2.50 bits per heavy atom. The Labute approximate surface area is 203 Å². The Morgan fingerprint density at radius 2 is 1.88 bits per heavy atom. The van der Waals surface area contributed by atoms with Crippen LogP contribution in [0.5, 0.6) is 5.75 Å². The lowest BCUT2D eigenvalue weighted by molar-refractivity contribution is -0.143. The van der Waals surface area contributed by atoms with Crippen molar-refractivity contribution < 1.29 is 14.3 Å². The van der Waals surface area contributed by atoms with Gasteiger partial charge in [0.15, 0.2) is 6.61 Å². The molecule has 32 heavy (non-hydrogen) atoms. The predicted octanol–water partition coefficient (Wildman–Crippen LogP) is 5.66. The maximum atomic E-state index is 13.3. The van der Waals surface area contributed by atoms with Crippen LogP contribution in [0, 0.1) is 6.92 Å². The van der Waals surface area contributed by atoms with Gasteiger partial charge in [0, 0.05) is 17.1 Å². The smallest absolute Gasteiger partial charge is 0.261 e. The van der Waals surface area contributed by atoms with E-state index in [1.807, 2.05) is 38.1 Å². The van der Waals surface area contributed by atoms with E-state index in [0.717, 1.165) is 41.3 Å². The largest absolute Gasteiger partial charge is 0.482 e. The zero-order valence-electron chi connectivity index (χ0n) is 18.6. The summed E-state index contributed by atoms with van der Waals surface area (Å²) in [6.45, 7) is 4.10. The van der Waals surface area contributed by atoms with Crippen molar-refractivity contribution in [3.05, 3.63) is 63.1 Å².